The average Bonchev–Trinajstić information content (AvgIpc) is 3.17. The molecule has 2 amide bonds. The summed E-state index contributed by atoms with van der Waals surface area (Å²) in [6, 6.07) is 17.2. The monoisotopic (exact) mass is 364 g/mol. The van der Waals surface area contributed by atoms with Crippen LogP contribution in [0, 0.1) is 6.92 Å². The molecule has 1 N–H and O–H groups in total. The van der Waals surface area contributed by atoms with Crippen LogP contribution in [0.5, 0.6) is 5.75 Å². The maximum atomic E-state index is 12.5. The van der Waals surface area contributed by atoms with Gasteiger partial charge < -0.3 is 15.0 Å². The minimum atomic E-state index is -0.160. The summed E-state index contributed by atoms with van der Waals surface area (Å²) in [6.07, 6.45) is 3.63. The van der Waals surface area contributed by atoms with Crippen molar-refractivity contribution >= 4 is 11.7 Å². The summed E-state index contributed by atoms with van der Waals surface area (Å²) in [5, 5.41) is 7.05. The Morgan fingerprint density at radius 3 is 2.81 bits per heavy atom. The van der Waals surface area contributed by atoms with Gasteiger partial charge in [0.15, 0.2) is 0 Å². The normalized spacial score (nSPS) is 10.4. The Kier molecular flexibility index (Phi) is 6.10. The number of hydrogen-bond acceptors (Lipinski definition) is 3. The number of urea groups is 1. The highest BCUT2D eigenvalue weighted by molar-refractivity contribution is 5.89. The first-order valence-corrected chi connectivity index (χ1v) is 8.89. The zero-order chi connectivity index (χ0) is 19.1. The third kappa shape index (κ3) is 5.34. The van der Waals surface area contributed by atoms with Gasteiger partial charge in [0.05, 0.1) is 6.54 Å². The molecule has 140 valence electrons. The van der Waals surface area contributed by atoms with Crippen LogP contribution in [-0.2, 0) is 13.1 Å². The van der Waals surface area contributed by atoms with Gasteiger partial charge in [0.2, 0.25) is 0 Å². The van der Waals surface area contributed by atoms with Crippen LogP contribution in [-0.4, -0.2) is 34.4 Å². The van der Waals surface area contributed by atoms with E-state index in [0.717, 1.165) is 5.56 Å². The SMILES string of the molecule is Cc1ccccc1CN(C)C(=O)Nc1cccc(OCCn2cccn2)c1. The van der Waals surface area contributed by atoms with Gasteiger partial charge in [-0.1, -0.05) is 30.3 Å². The van der Waals surface area contributed by atoms with Gasteiger partial charge in [-0.05, 0) is 36.2 Å². The molecule has 0 aliphatic rings. The average molecular weight is 364 g/mol. The summed E-state index contributed by atoms with van der Waals surface area (Å²) in [5.74, 6) is 0.710. The van der Waals surface area contributed by atoms with Gasteiger partial charge >= 0.3 is 6.03 Å². The van der Waals surface area contributed by atoms with E-state index in [-0.39, 0.29) is 6.03 Å². The van der Waals surface area contributed by atoms with Crippen LogP contribution in [0.2, 0.25) is 0 Å². The number of aryl methyl sites for hydroxylation is 1. The smallest absolute Gasteiger partial charge is 0.321 e. The summed E-state index contributed by atoms with van der Waals surface area (Å²) in [4.78, 5) is 14.1. The quantitative estimate of drug-likeness (QED) is 0.691. The minimum absolute atomic E-state index is 0.160. The third-order valence-electron chi connectivity index (χ3n) is 4.25. The van der Waals surface area contributed by atoms with E-state index in [4.69, 9.17) is 4.74 Å². The first-order chi connectivity index (χ1) is 13.1. The molecule has 0 fully saturated rings. The predicted octanol–water partition coefficient (Wildman–Crippen LogP) is 3.93. The maximum absolute atomic E-state index is 12.5. The molecule has 6 nitrogen and oxygen atoms in total. The number of ether oxygens (including phenoxy) is 1. The Morgan fingerprint density at radius 2 is 2.04 bits per heavy atom. The fourth-order valence-corrected chi connectivity index (χ4v) is 2.69. The number of amides is 2. The Hall–Kier alpha value is -3.28. The lowest BCUT2D eigenvalue weighted by Gasteiger charge is -2.19. The van der Waals surface area contributed by atoms with Crippen LogP contribution in [0.3, 0.4) is 0 Å². The lowest BCUT2D eigenvalue weighted by Crippen LogP contribution is -2.31. The van der Waals surface area contributed by atoms with Crippen molar-refractivity contribution in [2.45, 2.75) is 20.0 Å². The zero-order valence-corrected chi connectivity index (χ0v) is 15.6. The fraction of sp³-hybridized carbons (Fsp3) is 0.238. The van der Waals surface area contributed by atoms with Gasteiger partial charge in [-0.25, -0.2) is 4.79 Å². The number of nitrogens with one attached hydrogen (secondary N) is 1. The molecule has 0 radical (unpaired) electrons. The number of rotatable bonds is 7. The second kappa shape index (κ2) is 8.89. The molecule has 3 rings (SSSR count). The van der Waals surface area contributed by atoms with Crippen LogP contribution in [0.15, 0.2) is 67.0 Å². The van der Waals surface area contributed by atoms with E-state index in [1.807, 2.05) is 72.4 Å². The summed E-state index contributed by atoms with van der Waals surface area (Å²) >= 11 is 0. The van der Waals surface area contributed by atoms with Crippen molar-refractivity contribution in [1.82, 2.24) is 14.7 Å². The van der Waals surface area contributed by atoms with Crippen LogP contribution in [0.4, 0.5) is 10.5 Å². The second-order valence-corrected chi connectivity index (χ2v) is 6.36. The highest BCUT2D eigenvalue weighted by Gasteiger charge is 2.11. The van der Waals surface area contributed by atoms with Gasteiger partial charge in [-0.15, -0.1) is 0 Å². The number of hydrogen-bond donors (Lipinski definition) is 1. The van der Waals surface area contributed by atoms with Crippen molar-refractivity contribution in [2.75, 3.05) is 19.0 Å². The van der Waals surface area contributed by atoms with Gasteiger partial charge in [0.1, 0.15) is 12.4 Å². The molecule has 0 aliphatic carbocycles. The van der Waals surface area contributed by atoms with Crippen LogP contribution in [0.1, 0.15) is 11.1 Å². The number of anilines is 1. The molecule has 0 saturated heterocycles. The molecular formula is C21H24N4O2. The van der Waals surface area contributed by atoms with E-state index in [2.05, 4.69) is 10.4 Å². The summed E-state index contributed by atoms with van der Waals surface area (Å²) in [5.41, 5.74) is 3.00. The molecule has 0 bridgehead atoms. The molecule has 0 spiro atoms. The number of nitrogens with zero attached hydrogens (tertiary/aromatic N) is 3. The van der Waals surface area contributed by atoms with E-state index in [0.29, 0.717) is 31.1 Å². The lowest BCUT2D eigenvalue weighted by atomic mass is 10.1. The molecular weight excluding hydrogens is 340 g/mol. The van der Waals surface area contributed by atoms with Crippen molar-refractivity contribution in [3.05, 3.63) is 78.1 Å². The molecule has 3 aromatic rings. The molecule has 6 heteroatoms. The maximum Gasteiger partial charge on any atom is 0.321 e. The number of benzene rings is 2. The van der Waals surface area contributed by atoms with Gasteiger partial charge in [0.25, 0.3) is 0 Å². The molecule has 0 atom stereocenters. The Morgan fingerprint density at radius 1 is 1.19 bits per heavy atom. The largest absolute Gasteiger partial charge is 0.492 e. The topological polar surface area (TPSA) is 59.4 Å². The van der Waals surface area contributed by atoms with Crippen molar-refractivity contribution in [3.63, 3.8) is 0 Å². The molecule has 1 aromatic heterocycles. The van der Waals surface area contributed by atoms with E-state index in [1.54, 1.807) is 18.1 Å². The van der Waals surface area contributed by atoms with Gasteiger partial charge in [-0.3, -0.25) is 4.68 Å². The molecule has 2 aromatic carbocycles. The first-order valence-electron chi connectivity index (χ1n) is 8.89. The van der Waals surface area contributed by atoms with Crippen LogP contribution in [0.25, 0.3) is 0 Å². The molecule has 27 heavy (non-hydrogen) atoms. The summed E-state index contributed by atoms with van der Waals surface area (Å²) in [6.45, 7) is 3.78. The number of carbonyl (C=O) groups excluding carboxylic acids is 1. The van der Waals surface area contributed by atoms with Gasteiger partial charge in [-0.2, -0.15) is 5.10 Å². The van der Waals surface area contributed by atoms with E-state index in [1.165, 1.54) is 5.56 Å². The van der Waals surface area contributed by atoms with E-state index >= 15 is 0 Å². The van der Waals surface area contributed by atoms with Crippen molar-refractivity contribution in [1.29, 1.82) is 0 Å². The van der Waals surface area contributed by atoms with Crippen molar-refractivity contribution in [3.8, 4) is 5.75 Å². The highest BCUT2D eigenvalue weighted by atomic mass is 16.5. The Labute approximate surface area is 159 Å². The van der Waals surface area contributed by atoms with Gasteiger partial charge in [0, 0.05) is 37.7 Å². The third-order valence-corrected chi connectivity index (χ3v) is 4.25. The number of aromatic nitrogens is 2. The number of carbonyl (C=O) groups is 1. The van der Waals surface area contributed by atoms with Crippen LogP contribution >= 0.6 is 0 Å². The predicted molar refractivity (Wildman–Crippen MR) is 106 cm³/mol. The standard InChI is InChI=1S/C21H24N4O2/c1-17-7-3-4-8-18(17)16-24(2)21(26)23-19-9-5-10-20(15-19)27-14-13-25-12-6-11-22-25/h3-12,15H,13-14,16H2,1-2H3,(H,23,26). The minimum Gasteiger partial charge on any atom is -0.492 e. The van der Waals surface area contributed by atoms with Crippen LogP contribution < -0.4 is 10.1 Å². The molecule has 0 aliphatic heterocycles. The lowest BCUT2D eigenvalue weighted by molar-refractivity contribution is 0.220. The van der Waals surface area contributed by atoms with E-state index in [9.17, 15) is 4.79 Å². The Bertz CT molecular complexity index is 877. The van der Waals surface area contributed by atoms with E-state index < -0.39 is 0 Å². The second-order valence-electron chi connectivity index (χ2n) is 6.36. The zero-order valence-electron chi connectivity index (χ0n) is 15.6. The molecule has 0 unspecified atom stereocenters. The summed E-state index contributed by atoms with van der Waals surface area (Å²) in [7, 11) is 1.78. The first kappa shape index (κ1) is 18.5. The van der Waals surface area contributed by atoms with Crippen molar-refractivity contribution < 1.29 is 9.53 Å². The fourth-order valence-electron chi connectivity index (χ4n) is 2.69. The molecule has 1 heterocycles. The highest BCUT2D eigenvalue weighted by Crippen LogP contribution is 2.18. The van der Waals surface area contributed by atoms with Crippen molar-refractivity contribution in [2.24, 2.45) is 0 Å². The summed E-state index contributed by atoms with van der Waals surface area (Å²) < 4.78 is 7.56. The Balaban J connectivity index is 1.53. The molecule has 0 saturated carbocycles.